The van der Waals surface area contributed by atoms with Crippen LogP contribution in [0, 0.1) is 13.8 Å². The predicted molar refractivity (Wildman–Crippen MR) is 152 cm³/mol. The van der Waals surface area contributed by atoms with Crippen LogP contribution >= 0.6 is 39.1 Å². The molecule has 0 aromatic heterocycles. The Kier molecular flexibility index (Phi) is 9.41. The number of piperazine rings is 1. The molecular formula is C28H28BrCl2N3O4. The van der Waals surface area contributed by atoms with E-state index in [-0.39, 0.29) is 25.1 Å². The zero-order valence-corrected chi connectivity index (χ0v) is 24.2. The molecule has 1 aliphatic rings. The summed E-state index contributed by atoms with van der Waals surface area (Å²) >= 11 is 15.6. The van der Waals surface area contributed by atoms with Gasteiger partial charge in [-0.1, -0.05) is 57.3 Å². The van der Waals surface area contributed by atoms with Crippen LogP contribution in [0.5, 0.6) is 17.2 Å². The lowest BCUT2D eigenvalue weighted by atomic mass is 10.1. The molecule has 38 heavy (non-hydrogen) atoms. The van der Waals surface area contributed by atoms with Crippen molar-refractivity contribution in [3.05, 3.63) is 85.8 Å². The maximum absolute atomic E-state index is 12.9. The Labute approximate surface area is 240 Å². The smallest absolute Gasteiger partial charge is 0.317 e. The molecule has 1 aliphatic heterocycles. The van der Waals surface area contributed by atoms with Crippen LogP contribution in [0.1, 0.15) is 16.7 Å². The zero-order valence-electron chi connectivity index (χ0n) is 21.1. The van der Waals surface area contributed by atoms with Crippen LogP contribution in [0.25, 0.3) is 0 Å². The summed E-state index contributed by atoms with van der Waals surface area (Å²) in [4.78, 5) is 28.9. The molecule has 0 radical (unpaired) electrons. The number of carbonyl (C=O) groups is 2. The van der Waals surface area contributed by atoms with Gasteiger partial charge in [-0.2, -0.15) is 0 Å². The summed E-state index contributed by atoms with van der Waals surface area (Å²) in [7, 11) is 0. The fourth-order valence-corrected chi connectivity index (χ4v) is 4.62. The molecule has 3 amide bonds. The highest BCUT2D eigenvalue weighted by Crippen LogP contribution is 2.32. The average Bonchev–Trinajstić information content (AvgIpc) is 2.91. The van der Waals surface area contributed by atoms with Crippen molar-refractivity contribution in [3.63, 3.8) is 0 Å². The third-order valence-corrected chi connectivity index (χ3v) is 7.64. The highest BCUT2D eigenvalue weighted by Gasteiger charge is 2.24. The van der Waals surface area contributed by atoms with Crippen molar-refractivity contribution < 1.29 is 19.1 Å². The van der Waals surface area contributed by atoms with E-state index >= 15 is 0 Å². The topological polar surface area (TPSA) is 71.1 Å². The van der Waals surface area contributed by atoms with Crippen LogP contribution in [-0.4, -0.2) is 54.5 Å². The summed E-state index contributed by atoms with van der Waals surface area (Å²) in [6.07, 6.45) is 0. The first-order valence-corrected chi connectivity index (χ1v) is 13.7. The molecule has 3 aromatic carbocycles. The first-order valence-electron chi connectivity index (χ1n) is 12.1. The number of amides is 3. The normalized spacial score (nSPS) is 13.3. The van der Waals surface area contributed by atoms with Crippen molar-refractivity contribution in [2.24, 2.45) is 0 Å². The number of hydrogen-bond acceptors (Lipinski definition) is 4. The Morgan fingerprint density at radius 1 is 0.921 bits per heavy atom. The van der Waals surface area contributed by atoms with Gasteiger partial charge in [-0.25, -0.2) is 4.79 Å². The van der Waals surface area contributed by atoms with Crippen molar-refractivity contribution in [2.45, 2.75) is 20.4 Å². The lowest BCUT2D eigenvalue weighted by Crippen LogP contribution is -2.53. The molecule has 0 saturated carbocycles. The molecule has 0 aliphatic carbocycles. The maximum atomic E-state index is 12.9. The van der Waals surface area contributed by atoms with E-state index in [0.29, 0.717) is 53.5 Å². The Morgan fingerprint density at radius 3 is 2.39 bits per heavy atom. The summed E-state index contributed by atoms with van der Waals surface area (Å²) in [5.41, 5.74) is 2.94. The van der Waals surface area contributed by atoms with Gasteiger partial charge >= 0.3 is 6.03 Å². The predicted octanol–water partition coefficient (Wildman–Crippen LogP) is 6.60. The molecule has 0 spiro atoms. The Balaban J connectivity index is 1.28. The summed E-state index contributed by atoms with van der Waals surface area (Å²) in [5, 5.41) is 3.79. The average molecular weight is 621 g/mol. The fourth-order valence-electron chi connectivity index (χ4n) is 3.99. The van der Waals surface area contributed by atoms with Crippen LogP contribution in [0.15, 0.2) is 59.1 Å². The molecule has 4 rings (SSSR count). The quantitative estimate of drug-likeness (QED) is 0.323. The fraction of sp³-hybridized carbons (Fsp3) is 0.286. The van der Waals surface area contributed by atoms with Crippen molar-refractivity contribution in [1.82, 2.24) is 15.1 Å². The molecule has 1 fully saturated rings. The van der Waals surface area contributed by atoms with E-state index in [1.807, 2.05) is 50.2 Å². The van der Waals surface area contributed by atoms with Gasteiger partial charge < -0.3 is 24.6 Å². The van der Waals surface area contributed by atoms with E-state index in [9.17, 15) is 9.59 Å². The molecule has 1 saturated heterocycles. The second kappa shape index (κ2) is 12.7. The Bertz CT molecular complexity index is 1330. The van der Waals surface area contributed by atoms with Crippen molar-refractivity contribution in [2.75, 3.05) is 32.8 Å². The van der Waals surface area contributed by atoms with Gasteiger partial charge in [-0.15, -0.1) is 0 Å². The van der Waals surface area contributed by atoms with Crippen molar-refractivity contribution >= 4 is 51.1 Å². The van der Waals surface area contributed by atoms with Gasteiger partial charge in [0.15, 0.2) is 6.61 Å². The minimum Gasteiger partial charge on any atom is -0.483 e. The first-order chi connectivity index (χ1) is 18.2. The molecule has 200 valence electrons. The van der Waals surface area contributed by atoms with Crippen molar-refractivity contribution in [3.8, 4) is 17.2 Å². The van der Waals surface area contributed by atoms with Gasteiger partial charge in [-0.3, -0.25) is 4.79 Å². The number of hydrogen-bond donors (Lipinski definition) is 1. The van der Waals surface area contributed by atoms with E-state index in [1.165, 1.54) is 0 Å². The second-order valence-corrected chi connectivity index (χ2v) is 10.7. The van der Waals surface area contributed by atoms with Crippen LogP contribution in [-0.2, 0) is 11.3 Å². The van der Waals surface area contributed by atoms with E-state index in [1.54, 1.807) is 28.0 Å². The number of benzene rings is 3. The molecule has 1 heterocycles. The Hall–Kier alpha value is -2.94. The molecule has 0 bridgehead atoms. The second-order valence-electron chi connectivity index (χ2n) is 8.94. The lowest BCUT2D eigenvalue weighted by Gasteiger charge is -2.34. The summed E-state index contributed by atoms with van der Waals surface area (Å²) in [6.45, 7) is 6.01. The van der Waals surface area contributed by atoms with Crippen LogP contribution < -0.4 is 14.8 Å². The molecule has 1 N–H and O–H groups in total. The first kappa shape index (κ1) is 28.1. The highest BCUT2D eigenvalue weighted by molar-refractivity contribution is 9.10. The van der Waals surface area contributed by atoms with Crippen LogP contribution in [0.3, 0.4) is 0 Å². The standard InChI is InChI=1S/C28H28BrCl2N3O4/c1-18-4-3-5-25(19(18)2)37-17-27(35)33-10-12-34(13-11-33)28(36)32-16-20-6-7-21(29)14-26(20)38-22-8-9-23(30)24(31)15-22/h3-9,14-15H,10-13,16-17H2,1-2H3,(H,32,36). The van der Waals surface area contributed by atoms with Gasteiger partial charge in [0.05, 0.1) is 10.0 Å². The van der Waals surface area contributed by atoms with Gasteiger partial charge in [0.1, 0.15) is 17.2 Å². The minimum atomic E-state index is -0.202. The monoisotopic (exact) mass is 619 g/mol. The molecule has 3 aromatic rings. The van der Waals surface area contributed by atoms with Gasteiger partial charge in [-0.05, 0) is 55.3 Å². The number of nitrogens with zero attached hydrogens (tertiary/aromatic N) is 2. The van der Waals surface area contributed by atoms with E-state index in [2.05, 4.69) is 21.2 Å². The number of urea groups is 1. The van der Waals surface area contributed by atoms with E-state index in [0.717, 1.165) is 21.2 Å². The van der Waals surface area contributed by atoms with E-state index in [4.69, 9.17) is 32.7 Å². The highest BCUT2D eigenvalue weighted by atomic mass is 79.9. The summed E-state index contributed by atoms with van der Waals surface area (Å²) < 4.78 is 12.6. The Morgan fingerprint density at radius 2 is 1.66 bits per heavy atom. The number of ether oxygens (including phenoxy) is 2. The number of nitrogens with one attached hydrogen (secondary N) is 1. The third kappa shape index (κ3) is 7.12. The summed E-state index contributed by atoms with van der Waals surface area (Å²) in [6, 6.07) is 16.2. The van der Waals surface area contributed by atoms with E-state index < -0.39 is 0 Å². The molecule has 7 nitrogen and oxygen atoms in total. The lowest BCUT2D eigenvalue weighted by molar-refractivity contribution is -0.134. The van der Waals surface area contributed by atoms with Gasteiger partial charge in [0.25, 0.3) is 5.91 Å². The van der Waals surface area contributed by atoms with Gasteiger partial charge in [0.2, 0.25) is 0 Å². The molecule has 0 atom stereocenters. The SMILES string of the molecule is Cc1cccc(OCC(=O)N2CCN(C(=O)NCc3ccc(Br)cc3Oc3ccc(Cl)c(Cl)c3)CC2)c1C. The minimum absolute atomic E-state index is 0.0261. The number of halogens is 3. The van der Waals surface area contributed by atoms with Crippen LogP contribution in [0.4, 0.5) is 4.79 Å². The molecule has 0 unspecified atom stereocenters. The molecular weight excluding hydrogens is 593 g/mol. The number of aryl methyl sites for hydroxylation is 1. The third-order valence-electron chi connectivity index (χ3n) is 6.40. The van der Waals surface area contributed by atoms with Gasteiger partial charge in [0, 0.05) is 48.8 Å². The summed E-state index contributed by atoms with van der Waals surface area (Å²) in [5.74, 6) is 1.74. The largest absolute Gasteiger partial charge is 0.483 e. The number of carbonyl (C=O) groups excluding carboxylic acids is 2. The zero-order chi connectivity index (χ0) is 27.2. The van der Waals surface area contributed by atoms with Crippen LogP contribution in [0.2, 0.25) is 10.0 Å². The number of rotatable bonds is 7. The molecule has 10 heteroatoms. The van der Waals surface area contributed by atoms with Crippen molar-refractivity contribution in [1.29, 1.82) is 0 Å². The maximum Gasteiger partial charge on any atom is 0.317 e.